The maximum Gasteiger partial charge on any atom is 0.375 e. The fraction of sp³-hybridized carbons (Fsp3) is 0.167. The van der Waals surface area contributed by atoms with Crippen molar-refractivity contribution in [3.8, 4) is 11.1 Å². The molecule has 1 amide bonds. The zero-order valence-electron chi connectivity index (χ0n) is 16.9. The molecule has 0 aliphatic heterocycles. The minimum absolute atomic E-state index is 0.0867. The summed E-state index contributed by atoms with van der Waals surface area (Å²) in [6.07, 6.45) is 0. The Morgan fingerprint density at radius 3 is 2.23 bits per heavy atom. The molecule has 5 nitrogen and oxygen atoms in total. The molecule has 0 fully saturated rings. The molecule has 1 N–H and O–H groups in total. The molecule has 0 spiro atoms. The van der Waals surface area contributed by atoms with E-state index in [1.165, 1.54) is 18.2 Å². The maximum atomic E-state index is 14.2. The normalized spacial score (nSPS) is 11.1. The monoisotopic (exact) mass is 407 g/mol. The summed E-state index contributed by atoms with van der Waals surface area (Å²) in [5.74, 6) is -1.59. The minimum atomic E-state index is -0.770. The number of carbonyl (C=O) groups excluding carboxylic acids is 2. The molecule has 0 saturated carbocycles. The summed E-state index contributed by atoms with van der Waals surface area (Å²) in [7, 11) is 0. The Hall–Kier alpha value is -3.51. The molecule has 0 unspecified atom stereocenters. The first-order valence-corrected chi connectivity index (χ1v) is 9.40. The van der Waals surface area contributed by atoms with Gasteiger partial charge in [0.1, 0.15) is 11.4 Å². The lowest BCUT2D eigenvalue weighted by atomic mass is 10.0. The minimum Gasteiger partial charge on any atom is -0.321 e. The molecule has 3 rings (SSSR count). The van der Waals surface area contributed by atoms with Gasteiger partial charge in [-0.15, -0.1) is 0 Å². The first-order chi connectivity index (χ1) is 14.2. The van der Waals surface area contributed by atoms with Crippen LogP contribution in [0.5, 0.6) is 0 Å². The van der Waals surface area contributed by atoms with Crippen LogP contribution in [0.25, 0.3) is 11.1 Å². The largest absolute Gasteiger partial charge is 0.375 e. The zero-order valence-corrected chi connectivity index (χ0v) is 16.9. The molecule has 0 bridgehead atoms. The summed E-state index contributed by atoms with van der Waals surface area (Å²) in [6.45, 7) is 5.21. The van der Waals surface area contributed by atoms with Gasteiger partial charge in [0, 0.05) is 11.1 Å². The Morgan fingerprint density at radius 2 is 1.57 bits per heavy atom. The first-order valence-electron chi connectivity index (χ1n) is 9.40. The SMILES string of the molecule is CC(C)(C)OOC(=O)c1ccc(-c2ccccc2F)cc1NC(=O)c1ccccc1. The van der Waals surface area contributed by atoms with Crippen LogP contribution in [0.1, 0.15) is 41.5 Å². The zero-order chi connectivity index (χ0) is 21.7. The van der Waals surface area contributed by atoms with E-state index in [0.717, 1.165) is 0 Å². The summed E-state index contributed by atoms with van der Waals surface area (Å²) < 4.78 is 14.2. The van der Waals surface area contributed by atoms with Gasteiger partial charge in [0.25, 0.3) is 5.91 Å². The molecule has 3 aromatic rings. The van der Waals surface area contributed by atoms with Gasteiger partial charge in [-0.25, -0.2) is 9.18 Å². The Kier molecular flexibility index (Phi) is 6.28. The van der Waals surface area contributed by atoms with Crippen LogP contribution in [-0.2, 0) is 9.78 Å². The van der Waals surface area contributed by atoms with Crippen molar-refractivity contribution >= 4 is 17.6 Å². The molecule has 0 aliphatic rings. The lowest BCUT2D eigenvalue weighted by Crippen LogP contribution is -2.23. The highest BCUT2D eigenvalue weighted by Gasteiger charge is 2.21. The number of hydrogen-bond donors (Lipinski definition) is 1. The average molecular weight is 407 g/mol. The Bertz CT molecular complexity index is 1060. The first kappa shape index (κ1) is 21.2. The highest BCUT2D eigenvalue weighted by molar-refractivity contribution is 6.08. The van der Waals surface area contributed by atoms with Gasteiger partial charge in [0.15, 0.2) is 0 Å². The number of carbonyl (C=O) groups is 2. The number of rotatable bonds is 5. The molecule has 0 radical (unpaired) electrons. The van der Waals surface area contributed by atoms with E-state index in [2.05, 4.69) is 5.32 Å². The van der Waals surface area contributed by atoms with Crippen LogP contribution < -0.4 is 5.32 Å². The lowest BCUT2D eigenvalue weighted by molar-refractivity contribution is -0.301. The fourth-order valence-electron chi connectivity index (χ4n) is 2.68. The Morgan fingerprint density at radius 1 is 0.900 bits per heavy atom. The number of hydrogen-bond acceptors (Lipinski definition) is 4. The topological polar surface area (TPSA) is 64.6 Å². The van der Waals surface area contributed by atoms with Crippen LogP contribution in [0.4, 0.5) is 10.1 Å². The summed E-state index contributed by atoms with van der Waals surface area (Å²) in [6, 6.07) is 19.4. The second-order valence-electron chi connectivity index (χ2n) is 7.63. The van der Waals surface area contributed by atoms with E-state index in [1.807, 2.05) is 0 Å². The molecule has 0 atom stereocenters. The van der Waals surface area contributed by atoms with Gasteiger partial charge < -0.3 is 5.32 Å². The number of amides is 1. The Labute approximate surface area is 174 Å². The molecule has 0 saturated heterocycles. The quantitative estimate of drug-likeness (QED) is 0.440. The second-order valence-corrected chi connectivity index (χ2v) is 7.63. The third-order valence-corrected chi connectivity index (χ3v) is 4.08. The number of anilines is 1. The van der Waals surface area contributed by atoms with E-state index in [9.17, 15) is 14.0 Å². The predicted molar refractivity (Wildman–Crippen MR) is 112 cm³/mol. The van der Waals surface area contributed by atoms with E-state index in [0.29, 0.717) is 16.7 Å². The van der Waals surface area contributed by atoms with Crippen molar-refractivity contribution < 1.29 is 23.8 Å². The molecule has 30 heavy (non-hydrogen) atoms. The third kappa shape index (κ3) is 5.30. The van der Waals surface area contributed by atoms with Crippen molar-refractivity contribution in [2.24, 2.45) is 0 Å². The maximum absolute atomic E-state index is 14.2. The van der Waals surface area contributed by atoms with E-state index >= 15 is 0 Å². The van der Waals surface area contributed by atoms with Crippen LogP contribution >= 0.6 is 0 Å². The van der Waals surface area contributed by atoms with Crippen molar-refractivity contribution in [1.82, 2.24) is 0 Å². The second kappa shape index (κ2) is 8.88. The van der Waals surface area contributed by atoms with Gasteiger partial charge in [-0.1, -0.05) is 42.5 Å². The van der Waals surface area contributed by atoms with E-state index < -0.39 is 23.3 Å². The molecular weight excluding hydrogens is 385 g/mol. The van der Waals surface area contributed by atoms with Crippen LogP contribution in [-0.4, -0.2) is 17.5 Å². The van der Waals surface area contributed by atoms with Crippen molar-refractivity contribution in [1.29, 1.82) is 0 Å². The van der Waals surface area contributed by atoms with Gasteiger partial charge in [0.2, 0.25) is 0 Å². The average Bonchev–Trinajstić information content (AvgIpc) is 2.72. The van der Waals surface area contributed by atoms with Crippen molar-refractivity contribution in [2.75, 3.05) is 5.32 Å². The lowest BCUT2D eigenvalue weighted by Gasteiger charge is -2.18. The number of nitrogens with one attached hydrogen (secondary N) is 1. The van der Waals surface area contributed by atoms with Crippen LogP contribution in [0, 0.1) is 5.82 Å². The van der Waals surface area contributed by atoms with Gasteiger partial charge in [-0.3, -0.25) is 9.68 Å². The molecule has 0 aromatic heterocycles. The van der Waals surface area contributed by atoms with Crippen molar-refractivity contribution in [3.05, 3.63) is 89.7 Å². The summed E-state index contributed by atoms with van der Waals surface area (Å²) in [5.41, 5.74) is 0.842. The van der Waals surface area contributed by atoms with E-state index in [4.69, 9.17) is 9.78 Å². The van der Waals surface area contributed by atoms with E-state index in [1.54, 1.807) is 75.4 Å². The van der Waals surface area contributed by atoms with E-state index in [-0.39, 0.29) is 11.3 Å². The van der Waals surface area contributed by atoms with Gasteiger partial charge in [-0.2, -0.15) is 4.89 Å². The Balaban J connectivity index is 1.98. The highest BCUT2D eigenvalue weighted by Crippen LogP contribution is 2.29. The summed E-state index contributed by atoms with van der Waals surface area (Å²) >= 11 is 0. The standard InChI is InChI=1S/C24H22FNO4/c1-24(2,3)30-29-23(28)19-14-13-17(18-11-7-8-12-20(18)25)15-21(19)26-22(27)16-9-5-4-6-10-16/h4-15H,1-3H3,(H,26,27). The van der Waals surface area contributed by atoms with Crippen molar-refractivity contribution in [2.45, 2.75) is 26.4 Å². The van der Waals surface area contributed by atoms with Crippen LogP contribution in [0.3, 0.4) is 0 Å². The molecule has 6 heteroatoms. The molecule has 3 aromatic carbocycles. The molecule has 0 aliphatic carbocycles. The van der Waals surface area contributed by atoms with Crippen molar-refractivity contribution in [3.63, 3.8) is 0 Å². The smallest absolute Gasteiger partial charge is 0.321 e. The molecule has 154 valence electrons. The van der Waals surface area contributed by atoms with Crippen LogP contribution in [0.15, 0.2) is 72.8 Å². The third-order valence-electron chi connectivity index (χ3n) is 4.08. The van der Waals surface area contributed by atoms with Gasteiger partial charge in [-0.05, 0) is 56.7 Å². The summed E-state index contributed by atoms with van der Waals surface area (Å²) in [5, 5.41) is 2.72. The van der Waals surface area contributed by atoms with Crippen LogP contribution in [0.2, 0.25) is 0 Å². The fourth-order valence-corrected chi connectivity index (χ4v) is 2.68. The highest BCUT2D eigenvalue weighted by atomic mass is 19.1. The number of halogens is 1. The summed E-state index contributed by atoms with van der Waals surface area (Å²) in [4.78, 5) is 35.3. The molecular formula is C24H22FNO4. The predicted octanol–water partition coefficient (Wildman–Crippen LogP) is 5.63. The van der Waals surface area contributed by atoms with Gasteiger partial charge in [0.05, 0.1) is 11.3 Å². The number of benzene rings is 3. The molecule has 0 heterocycles. The van der Waals surface area contributed by atoms with Gasteiger partial charge >= 0.3 is 5.97 Å².